The number of aliphatic hydroxyl groups excluding tert-OH is 1. The molecule has 0 radical (unpaired) electrons. The molecule has 0 aromatic carbocycles. The Kier molecular flexibility index (Phi) is 4.00. The molecule has 1 saturated heterocycles. The van der Waals surface area contributed by atoms with E-state index in [1.807, 2.05) is 18.3 Å². The summed E-state index contributed by atoms with van der Waals surface area (Å²) in [5.41, 5.74) is 2.67. The third-order valence-electron chi connectivity index (χ3n) is 4.29. The second kappa shape index (κ2) is 6.45. The van der Waals surface area contributed by atoms with Crippen LogP contribution in [-0.4, -0.2) is 51.3 Å². The van der Waals surface area contributed by atoms with E-state index in [1.54, 1.807) is 12.4 Å². The average molecular weight is 324 g/mol. The Morgan fingerprint density at radius 2 is 2.04 bits per heavy atom. The van der Waals surface area contributed by atoms with E-state index in [4.69, 9.17) is 5.11 Å². The van der Waals surface area contributed by atoms with Crippen molar-refractivity contribution < 1.29 is 5.11 Å². The van der Waals surface area contributed by atoms with E-state index in [0.717, 1.165) is 41.2 Å². The van der Waals surface area contributed by atoms with Crippen molar-refractivity contribution in [1.29, 1.82) is 0 Å². The zero-order chi connectivity index (χ0) is 16.4. The predicted octanol–water partition coefficient (Wildman–Crippen LogP) is 2.02. The lowest BCUT2D eigenvalue weighted by Gasteiger charge is -2.19. The van der Waals surface area contributed by atoms with E-state index < -0.39 is 0 Å². The number of nitrogens with one attached hydrogen (secondary N) is 2. The fourth-order valence-electron chi connectivity index (χ4n) is 3.19. The summed E-state index contributed by atoms with van der Waals surface area (Å²) in [6.45, 7) is 2.55. The molecule has 3 N–H and O–H groups in total. The Balaban J connectivity index is 1.85. The molecule has 7 nitrogen and oxygen atoms in total. The molecule has 4 heterocycles. The summed E-state index contributed by atoms with van der Waals surface area (Å²) in [7, 11) is 0. The fourth-order valence-corrected chi connectivity index (χ4v) is 3.19. The molecule has 1 aliphatic rings. The van der Waals surface area contributed by atoms with Gasteiger partial charge in [-0.15, -0.1) is 0 Å². The predicted molar refractivity (Wildman–Crippen MR) is 94.1 cm³/mol. The maximum absolute atomic E-state index is 9.05. The van der Waals surface area contributed by atoms with E-state index in [2.05, 4.69) is 30.2 Å². The maximum Gasteiger partial charge on any atom is 0.155 e. The summed E-state index contributed by atoms with van der Waals surface area (Å²) in [5.74, 6) is 1.64. The molecular weight excluding hydrogens is 304 g/mol. The second-order valence-electron chi connectivity index (χ2n) is 5.87. The number of H-pyrrole nitrogens is 1. The Hall–Kier alpha value is -2.67. The van der Waals surface area contributed by atoms with Crippen molar-refractivity contribution in [2.75, 3.05) is 36.5 Å². The van der Waals surface area contributed by atoms with Crippen LogP contribution in [0, 0.1) is 0 Å². The molecule has 3 aromatic heterocycles. The molecule has 0 spiro atoms. The molecule has 0 bridgehead atoms. The molecule has 0 aliphatic carbocycles. The smallest absolute Gasteiger partial charge is 0.155 e. The van der Waals surface area contributed by atoms with Gasteiger partial charge in [-0.1, -0.05) is 0 Å². The standard InChI is InChI=1S/C17H20N6O/c24-10-7-18-14-11-13(12-3-4-20-16(12)22-14)15-17(21-6-5-19-15)23-8-1-2-9-23/h3-6,11,24H,1-2,7-10H2,(H2,18,20,22). The highest BCUT2D eigenvalue weighted by molar-refractivity contribution is 5.96. The first-order valence-electron chi connectivity index (χ1n) is 8.26. The van der Waals surface area contributed by atoms with Crippen molar-refractivity contribution in [2.45, 2.75) is 12.8 Å². The lowest BCUT2D eigenvalue weighted by atomic mass is 10.1. The third-order valence-corrected chi connectivity index (χ3v) is 4.29. The Bertz CT molecular complexity index is 840. The monoisotopic (exact) mass is 324 g/mol. The van der Waals surface area contributed by atoms with Crippen LogP contribution >= 0.6 is 0 Å². The van der Waals surface area contributed by atoms with Gasteiger partial charge in [0.15, 0.2) is 5.82 Å². The van der Waals surface area contributed by atoms with Gasteiger partial charge in [0.1, 0.15) is 17.2 Å². The number of anilines is 2. The zero-order valence-corrected chi connectivity index (χ0v) is 13.4. The van der Waals surface area contributed by atoms with Crippen molar-refractivity contribution >= 4 is 22.7 Å². The number of hydrogen-bond acceptors (Lipinski definition) is 6. The average Bonchev–Trinajstić information content (AvgIpc) is 3.30. The van der Waals surface area contributed by atoms with E-state index in [9.17, 15) is 0 Å². The number of aromatic nitrogens is 4. The molecule has 0 amide bonds. The molecule has 4 rings (SSSR count). The van der Waals surface area contributed by atoms with E-state index in [-0.39, 0.29) is 6.61 Å². The van der Waals surface area contributed by atoms with E-state index in [0.29, 0.717) is 12.4 Å². The molecule has 124 valence electrons. The van der Waals surface area contributed by atoms with Gasteiger partial charge in [0.05, 0.1) is 6.61 Å². The van der Waals surface area contributed by atoms with Crippen molar-refractivity contribution in [3.63, 3.8) is 0 Å². The van der Waals surface area contributed by atoms with Gasteiger partial charge in [0, 0.05) is 49.2 Å². The van der Waals surface area contributed by atoms with Crippen LogP contribution in [0.2, 0.25) is 0 Å². The SMILES string of the molecule is OCCNc1cc(-c2nccnc2N2CCCC2)c2cc[nH]c2n1. The van der Waals surface area contributed by atoms with E-state index in [1.165, 1.54) is 12.8 Å². The van der Waals surface area contributed by atoms with Crippen LogP contribution in [0.5, 0.6) is 0 Å². The zero-order valence-electron chi connectivity index (χ0n) is 13.4. The molecule has 0 saturated carbocycles. The van der Waals surface area contributed by atoms with Crippen LogP contribution in [0.3, 0.4) is 0 Å². The number of pyridine rings is 1. The first-order valence-corrected chi connectivity index (χ1v) is 8.26. The largest absolute Gasteiger partial charge is 0.395 e. The second-order valence-corrected chi connectivity index (χ2v) is 5.87. The van der Waals surface area contributed by atoms with Crippen LogP contribution in [0.4, 0.5) is 11.6 Å². The van der Waals surface area contributed by atoms with Gasteiger partial charge in [-0.2, -0.15) is 0 Å². The van der Waals surface area contributed by atoms with Crippen LogP contribution in [-0.2, 0) is 0 Å². The van der Waals surface area contributed by atoms with Gasteiger partial charge in [0.25, 0.3) is 0 Å². The van der Waals surface area contributed by atoms with Crippen molar-refractivity contribution in [2.24, 2.45) is 0 Å². The summed E-state index contributed by atoms with van der Waals surface area (Å²) in [5, 5.41) is 13.2. The van der Waals surface area contributed by atoms with Crippen LogP contribution in [0.25, 0.3) is 22.3 Å². The minimum atomic E-state index is 0.0595. The van der Waals surface area contributed by atoms with Crippen molar-refractivity contribution in [1.82, 2.24) is 19.9 Å². The highest BCUT2D eigenvalue weighted by Gasteiger charge is 2.21. The molecule has 3 aromatic rings. The maximum atomic E-state index is 9.05. The van der Waals surface area contributed by atoms with Gasteiger partial charge in [-0.25, -0.2) is 9.97 Å². The molecule has 1 fully saturated rings. The first kappa shape index (κ1) is 14.9. The van der Waals surface area contributed by atoms with Gasteiger partial charge in [-0.3, -0.25) is 4.98 Å². The van der Waals surface area contributed by atoms with Gasteiger partial charge in [-0.05, 0) is 25.0 Å². The van der Waals surface area contributed by atoms with Crippen molar-refractivity contribution in [3.05, 3.63) is 30.7 Å². The summed E-state index contributed by atoms with van der Waals surface area (Å²) in [6, 6.07) is 3.99. The minimum Gasteiger partial charge on any atom is -0.395 e. The Morgan fingerprint density at radius 3 is 2.88 bits per heavy atom. The van der Waals surface area contributed by atoms with Crippen LogP contribution in [0.15, 0.2) is 30.7 Å². The lowest BCUT2D eigenvalue weighted by molar-refractivity contribution is 0.311. The number of aromatic amines is 1. The summed E-state index contributed by atoms with van der Waals surface area (Å²) < 4.78 is 0. The fraction of sp³-hybridized carbons (Fsp3) is 0.353. The quantitative estimate of drug-likeness (QED) is 0.665. The lowest BCUT2D eigenvalue weighted by Crippen LogP contribution is -2.20. The summed E-state index contributed by atoms with van der Waals surface area (Å²) in [6.07, 6.45) is 7.74. The van der Waals surface area contributed by atoms with Gasteiger partial charge in [0.2, 0.25) is 0 Å². The van der Waals surface area contributed by atoms with Crippen molar-refractivity contribution in [3.8, 4) is 11.3 Å². The van der Waals surface area contributed by atoms with E-state index >= 15 is 0 Å². The van der Waals surface area contributed by atoms with Gasteiger partial charge < -0.3 is 20.3 Å². The number of hydrogen-bond donors (Lipinski definition) is 3. The van der Waals surface area contributed by atoms with Gasteiger partial charge >= 0.3 is 0 Å². The first-order chi connectivity index (χ1) is 11.9. The molecule has 1 aliphatic heterocycles. The molecule has 0 unspecified atom stereocenters. The Morgan fingerprint density at radius 1 is 1.21 bits per heavy atom. The summed E-state index contributed by atoms with van der Waals surface area (Å²) in [4.78, 5) is 19.2. The minimum absolute atomic E-state index is 0.0595. The normalized spacial score (nSPS) is 14.5. The topological polar surface area (TPSA) is 90.0 Å². The highest BCUT2D eigenvalue weighted by Crippen LogP contribution is 2.34. The van der Waals surface area contributed by atoms with Crippen LogP contribution in [0.1, 0.15) is 12.8 Å². The molecule has 0 atom stereocenters. The summed E-state index contributed by atoms with van der Waals surface area (Å²) >= 11 is 0. The Labute approximate surface area is 139 Å². The number of nitrogens with zero attached hydrogens (tertiary/aromatic N) is 4. The molecule has 24 heavy (non-hydrogen) atoms. The third kappa shape index (κ3) is 2.67. The number of fused-ring (bicyclic) bond motifs is 1. The molecule has 7 heteroatoms. The molecular formula is C17H20N6O. The number of aliphatic hydroxyl groups is 1. The van der Waals surface area contributed by atoms with Crippen LogP contribution < -0.4 is 10.2 Å². The highest BCUT2D eigenvalue weighted by atomic mass is 16.3. The number of rotatable bonds is 5.